The van der Waals surface area contributed by atoms with Crippen molar-refractivity contribution in [3.63, 3.8) is 0 Å². The van der Waals surface area contributed by atoms with E-state index in [1.165, 1.54) is 6.33 Å². The smallest absolute Gasteiger partial charge is 0.263 e. The zero-order chi connectivity index (χ0) is 7.84. The minimum atomic E-state index is -0.575. The second kappa shape index (κ2) is 1.91. The van der Waals surface area contributed by atoms with Crippen molar-refractivity contribution < 1.29 is 4.39 Å². The lowest BCUT2D eigenvalue weighted by Crippen LogP contribution is -2.05. The summed E-state index contributed by atoms with van der Waals surface area (Å²) in [6, 6.07) is 0. The molecule has 0 amide bonds. The fraction of sp³-hybridized carbons (Fsp3) is 0. The van der Waals surface area contributed by atoms with E-state index in [4.69, 9.17) is 0 Å². The highest BCUT2D eigenvalue weighted by molar-refractivity contribution is 5.74. The number of rotatable bonds is 0. The van der Waals surface area contributed by atoms with Gasteiger partial charge in [0, 0.05) is 6.20 Å². The first kappa shape index (κ1) is 6.09. The maximum Gasteiger partial charge on any atom is 0.263 e. The Labute approximate surface area is 60.1 Å². The van der Waals surface area contributed by atoms with Gasteiger partial charge in [0.05, 0.1) is 6.33 Å². The van der Waals surface area contributed by atoms with Crippen molar-refractivity contribution in [2.45, 2.75) is 0 Å². The van der Waals surface area contributed by atoms with Gasteiger partial charge in [-0.2, -0.15) is 0 Å². The van der Waals surface area contributed by atoms with Crippen LogP contribution in [0.25, 0.3) is 11.0 Å². The van der Waals surface area contributed by atoms with Crippen molar-refractivity contribution >= 4 is 11.0 Å². The molecular formula is C6H4FN3O. The molecule has 0 saturated carbocycles. The monoisotopic (exact) mass is 153 g/mol. The third kappa shape index (κ3) is 0.739. The zero-order valence-corrected chi connectivity index (χ0v) is 5.39. The van der Waals surface area contributed by atoms with Crippen molar-refractivity contribution in [2.24, 2.45) is 0 Å². The third-order valence-corrected chi connectivity index (χ3v) is 1.43. The van der Waals surface area contributed by atoms with Gasteiger partial charge in [-0.25, -0.2) is 9.37 Å². The predicted molar refractivity (Wildman–Crippen MR) is 36.7 cm³/mol. The molecule has 0 saturated heterocycles. The number of H-pyrrole nitrogens is 2. The topological polar surface area (TPSA) is 61.5 Å². The summed E-state index contributed by atoms with van der Waals surface area (Å²) in [6.07, 6.45) is 2.33. The molecule has 0 bridgehead atoms. The molecule has 2 aromatic rings. The Balaban J connectivity index is 3.08. The Morgan fingerprint density at radius 3 is 3.00 bits per heavy atom. The summed E-state index contributed by atoms with van der Waals surface area (Å²) in [6.45, 7) is 0. The van der Waals surface area contributed by atoms with E-state index < -0.39 is 11.4 Å². The van der Waals surface area contributed by atoms with E-state index in [1.54, 1.807) is 0 Å². The van der Waals surface area contributed by atoms with Gasteiger partial charge in [-0.15, -0.1) is 0 Å². The molecule has 0 aliphatic carbocycles. The van der Waals surface area contributed by atoms with Gasteiger partial charge in [0.15, 0.2) is 5.82 Å². The van der Waals surface area contributed by atoms with Gasteiger partial charge < -0.3 is 9.97 Å². The average Bonchev–Trinajstić information content (AvgIpc) is 2.34. The number of aromatic amines is 2. The van der Waals surface area contributed by atoms with Gasteiger partial charge in [0.1, 0.15) is 11.0 Å². The van der Waals surface area contributed by atoms with Crippen LogP contribution in [0.1, 0.15) is 0 Å². The second-order valence-corrected chi connectivity index (χ2v) is 2.09. The first-order valence-electron chi connectivity index (χ1n) is 2.99. The van der Waals surface area contributed by atoms with Gasteiger partial charge in [0.2, 0.25) is 0 Å². The molecule has 2 aromatic heterocycles. The molecule has 0 atom stereocenters. The van der Waals surface area contributed by atoms with Crippen LogP contribution >= 0.6 is 0 Å². The van der Waals surface area contributed by atoms with E-state index in [0.717, 1.165) is 6.20 Å². The van der Waals surface area contributed by atoms with Crippen LogP contribution in [0.3, 0.4) is 0 Å². The maximum absolute atomic E-state index is 12.7. The SMILES string of the molecule is O=c1[nH]cnc2[nH]cc(F)c12. The van der Waals surface area contributed by atoms with E-state index in [1.807, 2.05) is 0 Å². The normalized spacial score (nSPS) is 10.6. The van der Waals surface area contributed by atoms with E-state index in [0.29, 0.717) is 0 Å². The van der Waals surface area contributed by atoms with Crippen molar-refractivity contribution in [2.75, 3.05) is 0 Å². The molecule has 0 aliphatic heterocycles. The highest BCUT2D eigenvalue weighted by Gasteiger charge is 2.05. The minimum absolute atomic E-state index is 0.0208. The molecule has 56 valence electrons. The summed E-state index contributed by atoms with van der Waals surface area (Å²) in [7, 11) is 0. The molecule has 0 unspecified atom stereocenters. The molecule has 4 nitrogen and oxygen atoms in total. The van der Waals surface area contributed by atoms with Gasteiger partial charge in [-0.1, -0.05) is 0 Å². The predicted octanol–water partition coefficient (Wildman–Crippen LogP) is 0.390. The highest BCUT2D eigenvalue weighted by Crippen LogP contribution is 2.07. The van der Waals surface area contributed by atoms with Gasteiger partial charge in [-0.05, 0) is 0 Å². The summed E-state index contributed by atoms with van der Waals surface area (Å²) in [5.74, 6) is -0.575. The Morgan fingerprint density at radius 2 is 2.27 bits per heavy atom. The van der Waals surface area contributed by atoms with Crippen LogP contribution in [-0.2, 0) is 0 Å². The summed E-state index contributed by atoms with van der Waals surface area (Å²) < 4.78 is 12.7. The summed E-state index contributed by atoms with van der Waals surface area (Å²) in [5.41, 5.74) is -0.194. The maximum atomic E-state index is 12.7. The number of nitrogens with zero attached hydrogens (tertiary/aromatic N) is 1. The molecule has 2 rings (SSSR count). The molecule has 2 heterocycles. The van der Waals surface area contributed by atoms with E-state index in [9.17, 15) is 9.18 Å². The van der Waals surface area contributed by atoms with E-state index in [2.05, 4.69) is 15.0 Å². The van der Waals surface area contributed by atoms with Crippen molar-refractivity contribution in [1.82, 2.24) is 15.0 Å². The Morgan fingerprint density at radius 1 is 1.45 bits per heavy atom. The van der Waals surface area contributed by atoms with Crippen LogP contribution in [0.5, 0.6) is 0 Å². The van der Waals surface area contributed by atoms with Crippen LogP contribution in [0.4, 0.5) is 4.39 Å². The lowest BCUT2D eigenvalue weighted by Gasteiger charge is -1.84. The fourth-order valence-corrected chi connectivity index (χ4v) is 0.935. The first-order chi connectivity index (χ1) is 5.29. The zero-order valence-electron chi connectivity index (χ0n) is 5.39. The van der Waals surface area contributed by atoms with Crippen LogP contribution in [-0.4, -0.2) is 15.0 Å². The summed E-state index contributed by atoms with van der Waals surface area (Å²) >= 11 is 0. The van der Waals surface area contributed by atoms with Crippen molar-refractivity contribution in [3.8, 4) is 0 Å². The van der Waals surface area contributed by atoms with Crippen LogP contribution in [0, 0.1) is 5.82 Å². The van der Waals surface area contributed by atoms with Gasteiger partial charge in [-0.3, -0.25) is 4.79 Å². The lowest BCUT2D eigenvalue weighted by atomic mass is 10.4. The molecule has 0 spiro atoms. The summed E-state index contributed by atoms with van der Waals surface area (Å²) in [4.78, 5) is 19.4. The standard InChI is InChI=1S/C6H4FN3O/c7-3-1-8-5-4(3)6(11)10-2-9-5/h1-2H,(H2,8,9,10,11). The lowest BCUT2D eigenvalue weighted by molar-refractivity contribution is 0.638. The number of halogens is 1. The average molecular weight is 153 g/mol. The number of fused-ring (bicyclic) bond motifs is 1. The Hall–Kier alpha value is -1.65. The number of hydrogen-bond donors (Lipinski definition) is 2. The van der Waals surface area contributed by atoms with Crippen LogP contribution in [0.2, 0.25) is 0 Å². The highest BCUT2D eigenvalue weighted by atomic mass is 19.1. The molecule has 0 fully saturated rings. The van der Waals surface area contributed by atoms with Gasteiger partial charge in [0.25, 0.3) is 5.56 Å². The van der Waals surface area contributed by atoms with Gasteiger partial charge >= 0.3 is 0 Å². The molecule has 2 N–H and O–H groups in total. The number of aromatic nitrogens is 3. The minimum Gasteiger partial charge on any atom is -0.343 e. The molecular weight excluding hydrogens is 149 g/mol. The molecule has 0 radical (unpaired) electrons. The fourth-order valence-electron chi connectivity index (χ4n) is 0.935. The quantitative estimate of drug-likeness (QED) is 0.575. The second-order valence-electron chi connectivity index (χ2n) is 2.09. The largest absolute Gasteiger partial charge is 0.343 e. The van der Waals surface area contributed by atoms with E-state index in [-0.39, 0.29) is 11.0 Å². The first-order valence-corrected chi connectivity index (χ1v) is 2.99. The third-order valence-electron chi connectivity index (χ3n) is 1.43. The molecule has 11 heavy (non-hydrogen) atoms. The Bertz CT molecular complexity index is 444. The Kier molecular flexibility index (Phi) is 1.06. The molecule has 0 aromatic carbocycles. The molecule has 5 heteroatoms. The number of hydrogen-bond acceptors (Lipinski definition) is 2. The molecule has 0 aliphatic rings. The van der Waals surface area contributed by atoms with Crippen LogP contribution in [0.15, 0.2) is 17.3 Å². The van der Waals surface area contributed by atoms with E-state index >= 15 is 0 Å². The van der Waals surface area contributed by atoms with Crippen molar-refractivity contribution in [3.05, 3.63) is 28.7 Å². The number of nitrogens with one attached hydrogen (secondary N) is 2. The van der Waals surface area contributed by atoms with Crippen LogP contribution < -0.4 is 5.56 Å². The van der Waals surface area contributed by atoms with Crippen molar-refractivity contribution in [1.29, 1.82) is 0 Å². The summed E-state index contributed by atoms with van der Waals surface area (Å²) in [5, 5.41) is -0.0208.